The van der Waals surface area contributed by atoms with Gasteiger partial charge >= 0.3 is 0 Å². The molecule has 1 aliphatic rings. The van der Waals surface area contributed by atoms with Gasteiger partial charge in [-0.1, -0.05) is 0 Å². The molecule has 60 valence electrons. The summed E-state index contributed by atoms with van der Waals surface area (Å²) in [7, 11) is 1.59. The van der Waals surface area contributed by atoms with E-state index < -0.39 is 6.10 Å². The summed E-state index contributed by atoms with van der Waals surface area (Å²) in [4.78, 5) is 0. The summed E-state index contributed by atoms with van der Waals surface area (Å²) in [5, 5.41) is 9.38. The summed E-state index contributed by atoms with van der Waals surface area (Å²) in [6, 6.07) is 0. The fraction of sp³-hybridized carbons (Fsp3) is 1.00. The summed E-state index contributed by atoms with van der Waals surface area (Å²) in [5.41, 5.74) is 0. The van der Waals surface area contributed by atoms with Gasteiger partial charge in [0.1, 0.15) is 12.2 Å². The van der Waals surface area contributed by atoms with Crippen LogP contribution in [0.25, 0.3) is 0 Å². The molecule has 0 amide bonds. The molecule has 1 heterocycles. The van der Waals surface area contributed by atoms with Gasteiger partial charge in [-0.2, -0.15) is 0 Å². The molecule has 1 N–H and O–H groups in total. The van der Waals surface area contributed by atoms with E-state index in [4.69, 9.17) is 9.47 Å². The van der Waals surface area contributed by atoms with Crippen molar-refractivity contribution in [1.29, 1.82) is 0 Å². The number of methoxy groups -OCH3 is 1. The molecule has 0 aromatic heterocycles. The van der Waals surface area contributed by atoms with Gasteiger partial charge in [0.15, 0.2) is 0 Å². The molecule has 0 radical (unpaired) electrons. The molecule has 0 spiro atoms. The maximum atomic E-state index is 9.38. The van der Waals surface area contributed by atoms with E-state index >= 15 is 0 Å². The Hall–Kier alpha value is -0.120. The molecule has 3 heteroatoms. The van der Waals surface area contributed by atoms with E-state index in [0.717, 1.165) is 0 Å². The molecule has 0 aromatic rings. The second kappa shape index (κ2) is 2.86. The maximum Gasteiger partial charge on any atom is 0.111 e. The molecule has 10 heavy (non-hydrogen) atoms. The van der Waals surface area contributed by atoms with E-state index in [1.807, 2.05) is 13.8 Å². The highest BCUT2D eigenvalue weighted by atomic mass is 16.6. The second-order valence-electron chi connectivity index (χ2n) is 2.74. The van der Waals surface area contributed by atoms with Crippen LogP contribution in [0.1, 0.15) is 13.8 Å². The lowest BCUT2D eigenvalue weighted by Gasteiger charge is -2.14. The molecule has 1 fully saturated rings. The monoisotopic (exact) mass is 146 g/mol. The van der Waals surface area contributed by atoms with E-state index in [0.29, 0.717) is 0 Å². The van der Waals surface area contributed by atoms with Gasteiger partial charge in [-0.05, 0) is 13.8 Å². The summed E-state index contributed by atoms with van der Waals surface area (Å²) in [6.07, 6.45) is -0.718. The number of rotatable bonds is 1. The van der Waals surface area contributed by atoms with Crippen LogP contribution < -0.4 is 0 Å². The third-order valence-electron chi connectivity index (χ3n) is 1.98. The zero-order valence-corrected chi connectivity index (χ0v) is 6.57. The molecule has 3 nitrogen and oxygen atoms in total. The lowest BCUT2D eigenvalue weighted by Crippen LogP contribution is -2.32. The first kappa shape index (κ1) is 7.98. The predicted molar refractivity (Wildman–Crippen MR) is 36.8 cm³/mol. The first-order chi connectivity index (χ1) is 4.66. The van der Waals surface area contributed by atoms with Gasteiger partial charge in [-0.3, -0.25) is 0 Å². The molecule has 1 aliphatic heterocycles. The van der Waals surface area contributed by atoms with E-state index in [1.54, 1.807) is 7.11 Å². The van der Waals surface area contributed by atoms with Crippen LogP contribution in [-0.4, -0.2) is 36.6 Å². The Balaban J connectivity index is 2.55. The summed E-state index contributed by atoms with van der Waals surface area (Å²) < 4.78 is 10.3. The van der Waals surface area contributed by atoms with Crippen molar-refractivity contribution in [3.63, 3.8) is 0 Å². The van der Waals surface area contributed by atoms with Crippen molar-refractivity contribution in [2.24, 2.45) is 0 Å². The number of ether oxygens (including phenoxy) is 2. The molecule has 0 aromatic carbocycles. The third kappa shape index (κ3) is 1.17. The van der Waals surface area contributed by atoms with E-state index in [1.165, 1.54) is 0 Å². The molecule has 1 saturated heterocycles. The summed E-state index contributed by atoms with van der Waals surface area (Å²) in [6.45, 7) is 3.75. The largest absolute Gasteiger partial charge is 0.388 e. The van der Waals surface area contributed by atoms with Gasteiger partial charge < -0.3 is 14.6 Å². The van der Waals surface area contributed by atoms with Crippen LogP contribution in [-0.2, 0) is 9.47 Å². The highest BCUT2D eigenvalue weighted by molar-refractivity contribution is 4.86. The third-order valence-corrected chi connectivity index (χ3v) is 1.98. The fourth-order valence-electron chi connectivity index (χ4n) is 1.37. The number of aliphatic hydroxyl groups excluding tert-OH is 1. The Labute approximate surface area is 60.9 Å². The summed E-state index contributed by atoms with van der Waals surface area (Å²) >= 11 is 0. The van der Waals surface area contributed by atoms with Gasteiger partial charge in [0.25, 0.3) is 0 Å². The minimum atomic E-state index is -0.472. The van der Waals surface area contributed by atoms with E-state index in [9.17, 15) is 5.11 Å². The molecule has 0 aliphatic carbocycles. The van der Waals surface area contributed by atoms with Crippen molar-refractivity contribution in [3.8, 4) is 0 Å². The minimum Gasteiger partial charge on any atom is -0.388 e. The van der Waals surface area contributed by atoms with Crippen LogP contribution in [0.3, 0.4) is 0 Å². The predicted octanol–water partition coefficient (Wildman–Crippen LogP) is 0.170. The minimum absolute atomic E-state index is 0.00926. The van der Waals surface area contributed by atoms with Crippen LogP contribution in [0.4, 0.5) is 0 Å². The first-order valence-corrected chi connectivity index (χ1v) is 3.53. The number of aliphatic hydroxyl groups is 1. The van der Waals surface area contributed by atoms with Crippen LogP contribution >= 0.6 is 0 Å². The fourth-order valence-corrected chi connectivity index (χ4v) is 1.37. The van der Waals surface area contributed by atoms with Crippen molar-refractivity contribution in [2.75, 3.05) is 7.11 Å². The lowest BCUT2D eigenvalue weighted by atomic mass is 10.1. The summed E-state index contributed by atoms with van der Waals surface area (Å²) in [5.74, 6) is 0. The van der Waals surface area contributed by atoms with Crippen LogP contribution in [0.5, 0.6) is 0 Å². The molecule has 1 unspecified atom stereocenters. The number of hydrogen-bond donors (Lipinski definition) is 1. The Morgan fingerprint density at radius 3 is 2.10 bits per heavy atom. The lowest BCUT2D eigenvalue weighted by molar-refractivity contribution is -0.00365. The normalized spacial score (nSPS) is 48.0. The van der Waals surface area contributed by atoms with Crippen molar-refractivity contribution in [2.45, 2.75) is 38.3 Å². The Morgan fingerprint density at radius 1 is 1.30 bits per heavy atom. The Morgan fingerprint density at radius 2 is 1.90 bits per heavy atom. The molecular formula is C7H14O3. The molecule has 0 saturated carbocycles. The molecule has 4 atom stereocenters. The SMILES string of the molecule is CO[C@@H]1C(C)O[C@@H](C)[C@@H]1O. The van der Waals surface area contributed by atoms with Crippen molar-refractivity contribution in [3.05, 3.63) is 0 Å². The van der Waals surface area contributed by atoms with E-state index in [-0.39, 0.29) is 18.3 Å². The topological polar surface area (TPSA) is 38.7 Å². The Kier molecular flexibility index (Phi) is 2.28. The average molecular weight is 146 g/mol. The Bertz CT molecular complexity index is 115. The van der Waals surface area contributed by atoms with Crippen LogP contribution in [0.15, 0.2) is 0 Å². The van der Waals surface area contributed by atoms with Gasteiger partial charge in [-0.25, -0.2) is 0 Å². The smallest absolute Gasteiger partial charge is 0.111 e. The average Bonchev–Trinajstić information content (AvgIpc) is 2.09. The highest BCUT2D eigenvalue weighted by Crippen LogP contribution is 2.22. The van der Waals surface area contributed by atoms with Gasteiger partial charge in [-0.15, -0.1) is 0 Å². The van der Waals surface area contributed by atoms with Crippen molar-refractivity contribution >= 4 is 0 Å². The zero-order chi connectivity index (χ0) is 7.72. The molecular weight excluding hydrogens is 132 g/mol. The first-order valence-electron chi connectivity index (χ1n) is 3.53. The van der Waals surface area contributed by atoms with Crippen LogP contribution in [0, 0.1) is 0 Å². The molecule has 0 bridgehead atoms. The zero-order valence-electron chi connectivity index (χ0n) is 6.57. The standard InChI is InChI=1S/C7H14O3/c1-4-6(8)7(9-3)5(2)10-4/h4-8H,1-3H3/t4-,5?,6-,7+/m0/s1. The van der Waals surface area contributed by atoms with Crippen molar-refractivity contribution < 1.29 is 14.6 Å². The van der Waals surface area contributed by atoms with Gasteiger partial charge in [0, 0.05) is 7.11 Å². The quantitative estimate of drug-likeness (QED) is 0.573. The second-order valence-corrected chi connectivity index (χ2v) is 2.74. The maximum absolute atomic E-state index is 9.38. The van der Waals surface area contributed by atoms with E-state index in [2.05, 4.69) is 0 Å². The van der Waals surface area contributed by atoms with Crippen LogP contribution in [0.2, 0.25) is 0 Å². The van der Waals surface area contributed by atoms with Crippen molar-refractivity contribution in [1.82, 2.24) is 0 Å². The molecule has 1 rings (SSSR count). The van der Waals surface area contributed by atoms with Gasteiger partial charge in [0.2, 0.25) is 0 Å². The van der Waals surface area contributed by atoms with Gasteiger partial charge in [0.05, 0.1) is 12.2 Å². The highest BCUT2D eigenvalue weighted by Gasteiger charge is 2.38. The number of hydrogen-bond acceptors (Lipinski definition) is 3.